The molecule has 104 valence electrons. The van der Waals surface area contributed by atoms with Gasteiger partial charge in [-0.2, -0.15) is 0 Å². The molecule has 1 heterocycles. The molecule has 2 heteroatoms. The Morgan fingerprint density at radius 2 is 1.22 bits per heavy atom. The molecule has 0 aromatic carbocycles. The summed E-state index contributed by atoms with van der Waals surface area (Å²) in [6.45, 7) is 6.94. The minimum Gasteiger partial charge on any atom is -0.313 e. The van der Waals surface area contributed by atoms with E-state index in [-0.39, 0.29) is 0 Å². The first-order valence-electron chi connectivity index (χ1n) is 7.76. The molecule has 0 aliphatic rings. The van der Waals surface area contributed by atoms with Crippen molar-refractivity contribution < 1.29 is 0 Å². The molecule has 0 spiro atoms. The number of hydrogen-bond donors (Lipinski definition) is 0. The molecule has 1 rings (SSSR count). The van der Waals surface area contributed by atoms with Crippen molar-refractivity contribution in [2.45, 2.75) is 65.2 Å². The van der Waals surface area contributed by atoms with E-state index in [0.29, 0.717) is 0 Å². The van der Waals surface area contributed by atoms with Gasteiger partial charge in [0.1, 0.15) is 0 Å². The fourth-order valence-corrected chi connectivity index (χ4v) is 2.30. The number of rotatable bonds is 11. The monoisotopic (exact) mass is 250 g/mol. The summed E-state index contributed by atoms with van der Waals surface area (Å²) in [5.74, 6) is 0. The van der Waals surface area contributed by atoms with E-state index < -0.39 is 0 Å². The number of hydrogen-bond acceptors (Lipinski definition) is 1. The van der Waals surface area contributed by atoms with Gasteiger partial charge in [-0.1, -0.05) is 52.4 Å². The maximum absolute atomic E-state index is 2.49. The standard InChI is InChI=1S/C16H30N2/c1-3-5-7-9-13-17(14-10-8-6-4-2)18-15-11-12-16-18/h11-12,15-16H,3-10,13-14H2,1-2H3. The van der Waals surface area contributed by atoms with E-state index >= 15 is 0 Å². The Kier molecular flexibility index (Phi) is 8.45. The highest BCUT2D eigenvalue weighted by atomic mass is 15.5. The number of unbranched alkanes of at least 4 members (excludes halogenated alkanes) is 6. The highest BCUT2D eigenvalue weighted by molar-refractivity contribution is 4.97. The molecule has 0 saturated heterocycles. The lowest BCUT2D eigenvalue weighted by molar-refractivity contribution is 0.520. The van der Waals surface area contributed by atoms with Crippen LogP contribution < -0.4 is 5.01 Å². The molecule has 0 unspecified atom stereocenters. The van der Waals surface area contributed by atoms with Gasteiger partial charge in [-0.3, -0.25) is 4.68 Å². The van der Waals surface area contributed by atoms with Gasteiger partial charge in [-0.25, -0.2) is 0 Å². The summed E-state index contributed by atoms with van der Waals surface area (Å²) < 4.78 is 2.26. The summed E-state index contributed by atoms with van der Waals surface area (Å²) in [4.78, 5) is 0. The molecule has 2 nitrogen and oxygen atoms in total. The maximum Gasteiger partial charge on any atom is 0.0344 e. The average Bonchev–Trinajstić information content (AvgIpc) is 2.91. The van der Waals surface area contributed by atoms with Crippen LogP contribution in [0.15, 0.2) is 24.5 Å². The van der Waals surface area contributed by atoms with Gasteiger partial charge in [0.15, 0.2) is 0 Å². The predicted molar refractivity (Wildman–Crippen MR) is 80.7 cm³/mol. The first-order chi connectivity index (χ1) is 8.88. The second-order valence-corrected chi connectivity index (χ2v) is 5.14. The first-order valence-corrected chi connectivity index (χ1v) is 7.76. The van der Waals surface area contributed by atoms with Gasteiger partial charge < -0.3 is 5.01 Å². The molecule has 0 atom stereocenters. The summed E-state index contributed by atoms with van der Waals surface area (Å²) in [6.07, 6.45) is 15.1. The van der Waals surface area contributed by atoms with Crippen LogP contribution in [0.2, 0.25) is 0 Å². The van der Waals surface area contributed by atoms with Gasteiger partial charge in [0.2, 0.25) is 0 Å². The molecule has 18 heavy (non-hydrogen) atoms. The van der Waals surface area contributed by atoms with Crippen LogP contribution in [-0.2, 0) is 0 Å². The van der Waals surface area contributed by atoms with Crippen LogP contribution in [0.1, 0.15) is 65.2 Å². The molecule has 1 aromatic heterocycles. The fourth-order valence-electron chi connectivity index (χ4n) is 2.30. The fraction of sp³-hybridized carbons (Fsp3) is 0.750. The Bertz CT molecular complexity index is 255. The highest BCUT2D eigenvalue weighted by Crippen LogP contribution is 2.05. The molecule has 0 aliphatic heterocycles. The molecule has 0 N–H and O–H groups in total. The zero-order valence-corrected chi connectivity index (χ0v) is 12.3. The van der Waals surface area contributed by atoms with Crippen molar-refractivity contribution in [1.82, 2.24) is 4.68 Å². The molecule has 0 aliphatic carbocycles. The van der Waals surface area contributed by atoms with Crippen molar-refractivity contribution in [1.29, 1.82) is 0 Å². The van der Waals surface area contributed by atoms with Gasteiger partial charge in [-0.15, -0.1) is 0 Å². The van der Waals surface area contributed by atoms with E-state index in [1.807, 2.05) is 0 Å². The third-order valence-electron chi connectivity index (χ3n) is 3.45. The van der Waals surface area contributed by atoms with Gasteiger partial charge >= 0.3 is 0 Å². The van der Waals surface area contributed by atoms with Crippen molar-refractivity contribution in [3.63, 3.8) is 0 Å². The lowest BCUT2D eigenvalue weighted by Gasteiger charge is -2.26. The molecule has 0 saturated carbocycles. The maximum atomic E-state index is 2.49. The molecular formula is C16H30N2. The Hall–Kier alpha value is -0.920. The molecule has 1 aromatic rings. The van der Waals surface area contributed by atoms with Gasteiger partial charge in [0.05, 0.1) is 0 Å². The zero-order valence-electron chi connectivity index (χ0n) is 12.3. The highest BCUT2D eigenvalue weighted by Gasteiger charge is 2.03. The van der Waals surface area contributed by atoms with Crippen molar-refractivity contribution in [3.8, 4) is 0 Å². The smallest absolute Gasteiger partial charge is 0.0344 e. The number of aromatic nitrogens is 1. The second kappa shape index (κ2) is 10.0. The Labute approximate surface area is 113 Å². The lowest BCUT2D eigenvalue weighted by atomic mass is 10.2. The Morgan fingerprint density at radius 3 is 1.67 bits per heavy atom. The Balaban J connectivity index is 2.29. The van der Waals surface area contributed by atoms with E-state index in [1.165, 1.54) is 64.5 Å². The Morgan fingerprint density at radius 1 is 0.722 bits per heavy atom. The van der Waals surface area contributed by atoms with E-state index in [4.69, 9.17) is 0 Å². The van der Waals surface area contributed by atoms with Crippen LogP contribution in [-0.4, -0.2) is 17.8 Å². The van der Waals surface area contributed by atoms with Crippen molar-refractivity contribution in [3.05, 3.63) is 24.5 Å². The quantitative estimate of drug-likeness (QED) is 0.522. The summed E-state index contributed by atoms with van der Waals surface area (Å²) in [5, 5.41) is 2.49. The van der Waals surface area contributed by atoms with E-state index in [2.05, 4.69) is 48.1 Å². The van der Waals surface area contributed by atoms with E-state index in [9.17, 15) is 0 Å². The van der Waals surface area contributed by atoms with Crippen LogP contribution in [0.3, 0.4) is 0 Å². The van der Waals surface area contributed by atoms with E-state index in [1.54, 1.807) is 0 Å². The third-order valence-corrected chi connectivity index (χ3v) is 3.45. The predicted octanol–water partition coefficient (Wildman–Crippen LogP) is 4.59. The second-order valence-electron chi connectivity index (χ2n) is 5.14. The van der Waals surface area contributed by atoms with Crippen molar-refractivity contribution in [2.75, 3.05) is 18.1 Å². The summed E-state index contributed by atoms with van der Waals surface area (Å²) in [7, 11) is 0. The molecule has 0 bridgehead atoms. The average molecular weight is 250 g/mol. The number of nitrogens with zero attached hydrogens (tertiary/aromatic N) is 2. The first kappa shape index (κ1) is 15.1. The van der Waals surface area contributed by atoms with Gasteiger partial charge in [-0.05, 0) is 25.0 Å². The molecule has 0 fully saturated rings. The molecule has 0 amide bonds. The largest absolute Gasteiger partial charge is 0.313 e. The van der Waals surface area contributed by atoms with Gasteiger partial charge in [0, 0.05) is 25.5 Å². The summed E-state index contributed by atoms with van der Waals surface area (Å²) in [5.41, 5.74) is 0. The normalized spacial score (nSPS) is 10.8. The lowest BCUT2D eigenvalue weighted by Crippen LogP contribution is -2.35. The van der Waals surface area contributed by atoms with Crippen LogP contribution in [0.25, 0.3) is 0 Å². The SMILES string of the molecule is CCCCCCN(CCCCCC)n1cccc1. The zero-order chi connectivity index (χ0) is 13.1. The van der Waals surface area contributed by atoms with Crippen LogP contribution in [0.5, 0.6) is 0 Å². The van der Waals surface area contributed by atoms with Gasteiger partial charge in [0.25, 0.3) is 0 Å². The van der Waals surface area contributed by atoms with Crippen LogP contribution in [0, 0.1) is 0 Å². The van der Waals surface area contributed by atoms with Crippen molar-refractivity contribution in [2.24, 2.45) is 0 Å². The molecular weight excluding hydrogens is 220 g/mol. The molecule has 0 radical (unpaired) electrons. The summed E-state index contributed by atoms with van der Waals surface area (Å²) >= 11 is 0. The van der Waals surface area contributed by atoms with Crippen molar-refractivity contribution >= 4 is 0 Å². The minimum atomic E-state index is 1.20. The van der Waals surface area contributed by atoms with E-state index in [0.717, 1.165) is 0 Å². The summed E-state index contributed by atoms with van der Waals surface area (Å²) in [6, 6.07) is 4.23. The third kappa shape index (κ3) is 6.13. The van der Waals surface area contributed by atoms with Crippen LogP contribution >= 0.6 is 0 Å². The van der Waals surface area contributed by atoms with Crippen LogP contribution in [0.4, 0.5) is 0 Å². The topological polar surface area (TPSA) is 8.17 Å². The minimum absolute atomic E-state index is 1.20.